The number of nitrogens with one attached hydrogen (secondary N) is 3. The zero-order valence-corrected chi connectivity index (χ0v) is 19.4. The fraction of sp³-hybridized carbons (Fsp3) is 0.261. The van der Waals surface area contributed by atoms with Crippen molar-refractivity contribution in [3.05, 3.63) is 77.1 Å². The van der Waals surface area contributed by atoms with Gasteiger partial charge in [0.1, 0.15) is 5.69 Å². The van der Waals surface area contributed by atoms with Crippen LogP contribution in [-0.4, -0.2) is 39.1 Å². The van der Waals surface area contributed by atoms with Gasteiger partial charge in [-0.15, -0.1) is 5.11 Å². The van der Waals surface area contributed by atoms with E-state index in [4.69, 9.17) is 17.3 Å². The highest BCUT2D eigenvalue weighted by molar-refractivity contribution is 7.80. The Kier molecular flexibility index (Phi) is 8.62. The van der Waals surface area contributed by atoms with Gasteiger partial charge in [0, 0.05) is 12.1 Å². The lowest BCUT2D eigenvalue weighted by Crippen LogP contribution is -2.47. The van der Waals surface area contributed by atoms with Crippen molar-refractivity contribution < 1.29 is 9.90 Å². The zero-order valence-electron chi connectivity index (χ0n) is 18.6. The first-order valence-electron chi connectivity index (χ1n) is 10.5. The van der Waals surface area contributed by atoms with Crippen LogP contribution in [0.3, 0.4) is 0 Å². The molecule has 33 heavy (non-hydrogen) atoms. The molecule has 3 aromatic rings. The van der Waals surface area contributed by atoms with Crippen LogP contribution in [0, 0.1) is 13.8 Å². The molecule has 4 N–H and O–H groups in total. The Morgan fingerprint density at radius 3 is 2.48 bits per heavy atom. The summed E-state index contributed by atoms with van der Waals surface area (Å²) in [5, 5.41) is 25.4. The third kappa shape index (κ3) is 6.93. The highest BCUT2D eigenvalue weighted by Crippen LogP contribution is 2.25. The quantitative estimate of drug-likeness (QED) is 0.231. The van der Waals surface area contributed by atoms with Gasteiger partial charge in [-0.3, -0.25) is 20.3 Å². The lowest BCUT2D eigenvalue weighted by atomic mass is 10.1. The van der Waals surface area contributed by atoms with Gasteiger partial charge in [0.2, 0.25) is 0 Å². The van der Waals surface area contributed by atoms with Crippen LogP contribution in [0.15, 0.2) is 64.8 Å². The summed E-state index contributed by atoms with van der Waals surface area (Å²) in [5.74, 6) is -0.317. The Balaban J connectivity index is 1.48. The number of aryl methyl sites for hydroxylation is 1. The van der Waals surface area contributed by atoms with Crippen LogP contribution in [0.2, 0.25) is 0 Å². The number of carbonyl (C=O) groups excluding carboxylic acids is 1. The summed E-state index contributed by atoms with van der Waals surface area (Å²) in [4.78, 5) is 12.3. The van der Waals surface area contributed by atoms with Crippen LogP contribution in [0.25, 0.3) is 0 Å². The number of hydrazine groups is 1. The van der Waals surface area contributed by atoms with E-state index >= 15 is 0 Å². The summed E-state index contributed by atoms with van der Waals surface area (Å²) in [6.45, 7) is 4.79. The minimum Gasteiger partial charge on any atom is -0.394 e. The number of aliphatic hydroxyl groups excluding tert-OH is 1. The zero-order chi connectivity index (χ0) is 23.6. The van der Waals surface area contributed by atoms with Gasteiger partial charge in [-0.25, -0.2) is 0 Å². The van der Waals surface area contributed by atoms with E-state index in [1.165, 1.54) is 5.56 Å². The molecule has 2 aromatic carbocycles. The summed E-state index contributed by atoms with van der Waals surface area (Å²) in [6, 6.07) is 16.8. The second kappa shape index (κ2) is 11.8. The number of aromatic nitrogens is 2. The van der Waals surface area contributed by atoms with Crippen LogP contribution in [0.1, 0.15) is 27.3 Å². The maximum atomic E-state index is 12.3. The number of hydrogen-bond donors (Lipinski definition) is 4. The predicted molar refractivity (Wildman–Crippen MR) is 131 cm³/mol. The molecule has 0 aliphatic rings. The molecule has 0 fully saturated rings. The maximum absolute atomic E-state index is 12.3. The number of rotatable bonds is 8. The number of aliphatic hydroxyl groups is 1. The third-order valence-electron chi connectivity index (χ3n) is 4.88. The van der Waals surface area contributed by atoms with E-state index in [1.54, 1.807) is 28.9 Å². The molecular weight excluding hydrogens is 438 g/mol. The molecule has 0 saturated carbocycles. The number of benzene rings is 2. The van der Waals surface area contributed by atoms with Crippen LogP contribution in [0.4, 0.5) is 11.4 Å². The van der Waals surface area contributed by atoms with E-state index in [0.29, 0.717) is 35.1 Å². The Morgan fingerprint density at radius 1 is 1.06 bits per heavy atom. The molecule has 0 aliphatic carbocycles. The highest BCUT2D eigenvalue weighted by Gasteiger charge is 2.11. The van der Waals surface area contributed by atoms with E-state index < -0.39 is 0 Å². The van der Waals surface area contributed by atoms with Gasteiger partial charge in [0.15, 0.2) is 5.11 Å². The number of hydrogen-bond acceptors (Lipinski definition) is 6. The van der Waals surface area contributed by atoms with E-state index in [9.17, 15) is 4.79 Å². The Morgan fingerprint density at radius 2 is 1.79 bits per heavy atom. The molecule has 0 radical (unpaired) electrons. The summed E-state index contributed by atoms with van der Waals surface area (Å²) in [6.07, 6.45) is 0.827. The lowest BCUT2D eigenvalue weighted by Gasteiger charge is -2.11. The van der Waals surface area contributed by atoms with Gasteiger partial charge >= 0.3 is 0 Å². The summed E-state index contributed by atoms with van der Waals surface area (Å²) in [7, 11) is 0. The molecule has 0 aliphatic heterocycles. The second-order valence-corrected chi connectivity index (χ2v) is 7.69. The molecule has 3 rings (SSSR count). The first-order chi connectivity index (χ1) is 16.0. The average molecular weight is 466 g/mol. The third-order valence-corrected chi connectivity index (χ3v) is 5.13. The van der Waals surface area contributed by atoms with Crippen molar-refractivity contribution >= 4 is 34.6 Å². The topological polar surface area (TPSA) is 116 Å². The molecule has 1 amide bonds. The molecule has 1 heterocycles. The van der Waals surface area contributed by atoms with Gasteiger partial charge in [-0.05, 0) is 62.3 Å². The number of nitrogens with zero attached hydrogens (tertiary/aromatic N) is 4. The second-order valence-electron chi connectivity index (χ2n) is 7.28. The fourth-order valence-electron chi connectivity index (χ4n) is 3.13. The molecular formula is C23H27N7O2S. The Bertz CT molecular complexity index is 1110. The minimum absolute atomic E-state index is 0.00536. The number of azo groups is 1. The largest absolute Gasteiger partial charge is 0.394 e. The lowest BCUT2D eigenvalue weighted by molar-refractivity contribution is 0.0943. The Hall–Kier alpha value is -3.63. The van der Waals surface area contributed by atoms with Crippen LogP contribution in [-0.2, 0) is 13.0 Å². The molecule has 0 unspecified atom stereocenters. The molecule has 172 valence electrons. The minimum atomic E-state index is -0.317. The van der Waals surface area contributed by atoms with Crippen molar-refractivity contribution in [3.8, 4) is 0 Å². The molecule has 9 nitrogen and oxygen atoms in total. The number of amides is 1. The van der Waals surface area contributed by atoms with Crippen molar-refractivity contribution in [2.75, 3.05) is 13.2 Å². The molecule has 0 saturated heterocycles. The van der Waals surface area contributed by atoms with Crippen LogP contribution in [0.5, 0.6) is 0 Å². The van der Waals surface area contributed by atoms with Crippen LogP contribution < -0.4 is 16.2 Å². The monoisotopic (exact) mass is 465 g/mol. The molecule has 0 spiro atoms. The van der Waals surface area contributed by atoms with Gasteiger partial charge in [-0.2, -0.15) is 10.2 Å². The Labute approximate surface area is 197 Å². The molecule has 1 aromatic heterocycles. The number of thiocarbonyl (C=S) groups is 1. The van der Waals surface area contributed by atoms with Gasteiger partial charge in [-0.1, -0.05) is 30.3 Å². The summed E-state index contributed by atoms with van der Waals surface area (Å²) >= 11 is 5.19. The van der Waals surface area contributed by atoms with Crippen molar-refractivity contribution in [1.29, 1.82) is 0 Å². The highest BCUT2D eigenvalue weighted by atomic mass is 32.1. The fourth-order valence-corrected chi connectivity index (χ4v) is 3.28. The molecule has 0 atom stereocenters. The maximum Gasteiger partial charge on any atom is 0.269 e. The SMILES string of the molecule is Cc1nn(CCO)c(C)c1N=Nc1ccc(C(=O)NNC(=S)NCCc2ccccc2)cc1. The van der Waals surface area contributed by atoms with Crippen molar-refractivity contribution in [3.63, 3.8) is 0 Å². The summed E-state index contributed by atoms with van der Waals surface area (Å²) < 4.78 is 1.70. The molecule has 10 heteroatoms. The average Bonchev–Trinajstić information content (AvgIpc) is 3.09. The summed E-state index contributed by atoms with van der Waals surface area (Å²) in [5.41, 5.74) is 9.79. The van der Waals surface area contributed by atoms with Gasteiger partial charge in [0.25, 0.3) is 5.91 Å². The predicted octanol–water partition coefficient (Wildman–Crippen LogP) is 3.26. The first-order valence-corrected chi connectivity index (χ1v) is 10.9. The van der Waals surface area contributed by atoms with E-state index in [1.807, 2.05) is 32.0 Å². The van der Waals surface area contributed by atoms with Gasteiger partial charge < -0.3 is 10.4 Å². The van der Waals surface area contributed by atoms with Crippen LogP contribution >= 0.6 is 12.2 Å². The standard InChI is InChI=1S/C23H27N7O2S/c1-16-21(17(2)30(29-16)14-15-31)26-25-20-10-8-19(9-11-20)22(32)27-28-23(33)24-13-12-18-6-4-3-5-7-18/h3-11,31H,12-15H2,1-2H3,(H,27,32)(H2,24,28,33). The van der Waals surface area contributed by atoms with E-state index in [0.717, 1.165) is 17.8 Å². The molecule has 0 bridgehead atoms. The van der Waals surface area contributed by atoms with Gasteiger partial charge in [0.05, 0.1) is 30.2 Å². The number of carbonyl (C=O) groups is 1. The van der Waals surface area contributed by atoms with Crippen molar-refractivity contribution in [1.82, 2.24) is 25.9 Å². The van der Waals surface area contributed by atoms with Crippen molar-refractivity contribution in [2.45, 2.75) is 26.8 Å². The smallest absolute Gasteiger partial charge is 0.269 e. The van der Waals surface area contributed by atoms with E-state index in [-0.39, 0.29) is 12.5 Å². The van der Waals surface area contributed by atoms with E-state index in [2.05, 4.69) is 43.6 Å². The van der Waals surface area contributed by atoms with Crippen molar-refractivity contribution in [2.24, 2.45) is 10.2 Å². The first kappa shape index (κ1) is 24.0. The normalized spacial score (nSPS) is 10.9.